The highest BCUT2D eigenvalue weighted by molar-refractivity contribution is 5.16. The summed E-state index contributed by atoms with van der Waals surface area (Å²) in [5, 5.41) is 3.58. The third kappa shape index (κ3) is 3.30. The number of likely N-dealkylation sites (tertiary alicyclic amines) is 1. The van der Waals surface area contributed by atoms with E-state index in [2.05, 4.69) is 35.2 Å². The monoisotopic (exact) mass is 247 g/mol. The first-order chi connectivity index (χ1) is 8.83. The van der Waals surface area contributed by atoms with E-state index >= 15 is 0 Å². The van der Waals surface area contributed by atoms with Gasteiger partial charge in [0.25, 0.3) is 0 Å². The fraction of sp³-hybridized carbons (Fsp3) is 0.667. The predicted molar refractivity (Wildman–Crippen MR) is 75.5 cm³/mol. The molecule has 0 amide bonds. The largest absolute Gasteiger partial charge is 0.316 e. The minimum atomic E-state index is 0.525. The lowest BCUT2D eigenvalue weighted by Crippen LogP contribution is -2.40. The molecular weight excluding hydrogens is 222 g/mol. The maximum atomic E-state index is 4.28. The summed E-state index contributed by atoms with van der Waals surface area (Å²) in [6.07, 6.45) is 7.72. The van der Waals surface area contributed by atoms with Crippen LogP contribution in [0.15, 0.2) is 24.5 Å². The molecule has 0 bridgehead atoms. The molecule has 100 valence electrons. The van der Waals surface area contributed by atoms with Crippen LogP contribution >= 0.6 is 0 Å². The highest BCUT2D eigenvalue weighted by Crippen LogP contribution is 2.34. The molecule has 0 saturated carbocycles. The van der Waals surface area contributed by atoms with Crippen LogP contribution in [-0.2, 0) is 0 Å². The Hall–Kier alpha value is -0.930. The number of hydrogen-bond acceptors (Lipinski definition) is 3. The van der Waals surface area contributed by atoms with Gasteiger partial charge in [-0.15, -0.1) is 0 Å². The van der Waals surface area contributed by atoms with E-state index in [4.69, 9.17) is 0 Å². The minimum absolute atomic E-state index is 0.525. The smallest absolute Gasteiger partial charge is 0.0400 e. The van der Waals surface area contributed by atoms with E-state index in [-0.39, 0.29) is 0 Å². The molecule has 0 aliphatic carbocycles. The molecule has 1 aromatic rings. The summed E-state index contributed by atoms with van der Waals surface area (Å²) in [7, 11) is 2.24. The Kier molecular flexibility index (Phi) is 5.14. The molecule has 1 aromatic heterocycles. The van der Waals surface area contributed by atoms with Crippen molar-refractivity contribution >= 4 is 0 Å². The third-order valence-corrected chi connectivity index (χ3v) is 3.87. The molecule has 1 aliphatic rings. The van der Waals surface area contributed by atoms with Crippen LogP contribution in [0.25, 0.3) is 0 Å². The maximum absolute atomic E-state index is 4.28. The van der Waals surface area contributed by atoms with Gasteiger partial charge in [0.1, 0.15) is 0 Å². The van der Waals surface area contributed by atoms with E-state index in [0.29, 0.717) is 12.0 Å². The van der Waals surface area contributed by atoms with Crippen LogP contribution in [0.3, 0.4) is 0 Å². The summed E-state index contributed by atoms with van der Waals surface area (Å²) in [5.74, 6) is 0.708. The second kappa shape index (κ2) is 6.86. The average molecular weight is 247 g/mol. The Balaban J connectivity index is 2.06. The lowest BCUT2D eigenvalue weighted by Gasteiger charge is -2.39. The molecule has 2 heterocycles. The van der Waals surface area contributed by atoms with Gasteiger partial charge in [0.15, 0.2) is 0 Å². The molecule has 1 fully saturated rings. The first kappa shape index (κ1) is 13.5. The highest BCUT2D eigenvalue weighted by atomic mass is 15.1. The number of piperidine rings is 1. The van der Waals surface area contributed by atoms with Crippen molar-refractivity contribution in [1.29, 1.82) is 0 Å². The number of aromatic nitrogens is 1. The van der Waals surface area contributed by atoms with Crippen LogP contribution in [0.5, 0.6) is 0 Å². The maximum Gasteiger partial charge on any atom is 0.0400 e. The number of nitrogens with one attached hydrogen (secondary N) is 1. The van der Waals surface area contributed by atoms with Crippen LogP contribution < -0.4 is 5.32 Å². The van der Waals surface area contributed by atoms with Gasteiger partial charge in [-0.05, 0) is 63.5 Å². The Labute approximate surface area is 111 Å². The van der Waals surface area contributed by atoms with Crippen LogP contribution in [0.4, 0.5) is 0 Å². The number of rotatable bonds is 5. The minimum Gasteiger partial charge on any atom is -0.316 e. The summed E-state index contributed by atoms with van der Waals surface area (Å²) in [6, 6.07) is 4.79. The molecule has 0 radical (unpaired) electrons. The van der Waals surface area contributed by atoms with Crippen LogP contribution in [0.1, 0.15) is 37.8 Å². The second-order valence-electron chi connectivity index (χ2n) is 5.32. The van der Waals surface area contributed by atoms with Crippen molar-refractivity contribution in [2.75, 3.05) is 26.7 Å². The molecule has 0 aromatic carbocycles. The second-order valence-corrected chi connectivity index (χ2v) is 5.32. The Bertz CT molecular complexity index is 339. The lowest BCUT2D eigenvalue weighted by molar-refractivity contribution is 0.119. The van der Waals surface area contributed by atoms with Gasteiger partial charge in [-0.25, -0.2) is 0 Å². The number of nitrogens with zero attached hydrogens (tertiary/aromatic N) is 2. The normalized spacial score (nSPS) is 25.2. The van der Waals surface area contributed by atoms with Gasteiger partial charge in [0, 0.05) is 18.4 Å². The fourth-order valence-corrected chi connectivity index (χ4v) is 3.02. The average Bonchev–Trinajstić information content (AvgIpc) is 2.40. The van der Waals surface area contributed by atoms with Gasteiger partial charge in [-0.1, -0.05) is 13.0 Å². The Morgan fingerprint density at radius 2 is 2.39 bits per heavy atom. The van der Waals surface area contributed by atoms with Gasteiger partial charge in [0.05, 0.1) is 0 Å². The van der Waals surface area contributed by atoms with Crippen LogP contribution in [0, 0.1) is 5.92 Å². The van der Waals surface area contributed by atoms with E-state index in [1.54, 1.807) is 0 Å². The van der Waals surface area contributed by atoms with Crippen molar-refractivity contribution in [1.82, 2.24) is 15.2 Å². The molecule has 2 unspecified atom stereocenters. The van der Waals surface area contributed by atoms with Crippen molar-refractivity contribution in [2.24, 2.45) is 5.92 Å². The molecule has 1 N–H and O–H groups in total. The third-order valence-electron chi connectivity index (χ3n) is 3.87. The highest BCUT2D eigenvalue weighted by Gasteiger charge is 2.30. The summed E-state index contributed by atoms with van der Waals surface area (Å²) >= 11 is 0. The molecule has 2 atom stereocenters. The number of hydrogen-bond donors (Lipinski definition) is 1. The predicted octanol–water partition coefficient (Wildman–Crippen LogP) is 2.46. The summed E-state index contributed by atoms with van der Waals surface area (Å²) in [4.78, 5) is 6.76. The molecule has 2 rings (SSSR count). The standard InChI is InChI=1S/C15H25N3/c1-3-8-16-11-14-7-5-10-18(2)15(14)13-6-4-9-17-12-13/h4,6,9,12,14-16H,3,5,7-8,10-11H2,1-2H3. The van der Waals surface area contributed by atoms with Crippen LogP contribution in [0.2, 0.25) is 0 Å². The molecule has 1 saturated heterocycles. The van der Waals surface area contributed by atoms with E-state index in [0.717, 1.165) is 13.1 Å². The van der Waals surface area contributed by atoms with Gasteiger partial charge < -0.3 is 5.32 Å². The molecular formula is C15H25N3. The first-order valence-electron chi connectivity index (χ1n) is 7.13. The SMILES string of the molecule is CCCNCC1CCCN(C)C1c1cccnc1. The van der Waals surface area contributed by atoms with Gasteiger partial charge in [-0.2, -0.15) is 0 Å². The van der Waals surface area contributed by atoms with Crippen molar-refractivity contribution in [2.45, 2.75) is 32.2 Å². The van der Waals surface area contributed by atoms with Crippen molar-refractivity contribution in [3.05, 3.63) is 30.1 Å². The summed E-state index contributed by atoms with van der Waals surface area (Å²) in [6.45, 7) is 5.67. The zero-order valence-electron chi connectivity index (χ0n) is 11.6. The molecule has 1 aliphatic heterocycles. The number of pyridine rings is 1. The van der Waals surface area contributed by atoms with Crippen LogP contribution in [-0.4, -0.2) is 36.6 Å². The molecule has 3 heteroatoms. The van der Waals surface area contributed by atoms with Crippen molar-refractivity contribution in [3.63, 3.8) is 0 Å². The van der Waals surface area contributed by atoms with Gasteiger partial charge >= 0.3 is 0 Å². The van der Waals surface area contributed by atoms with E-state index in [1.807, 2.05) is 18.5 Å². The summed E-state index contributed by atoms with van der Waals surface area (Å²) in [5.41, 5.74) is 1.36. The quantitative estimate of drug-likeness (QED) is 0.810. The molecule has 18 heavy (non-hydrogen) atoms. The molecule has 0 spiro atoms. The zero-order valence-corrected chi connectivity index (χ0v) is 11.6. The lowest BCUT2D eigenvalue weighted by atomic mass is 9.85. The molecule has 3 nitrogen and oxygen atoms in total. The fourth-order valence-electron chi connectivity index (χ4n) is 3.02. The first-order valence-corrected chi connectivity index (χ1v) is 7.13. The zero-order chi connectivity index (χ0) is 12.8. The van der Waals surface area contributed by atoms with Gasteiger partial charge in [0.2, 0.25) is 0 Å². The van der Waals surface area contributed by atoms with E-state index in [1.165, 1.54) is 31.4 Å². The van der Waals surface area contributed by atoms with E-state index in [9.17, 15) is 0 Å². The topological polar surface area (TPSA) is 28.2 Å². The Morgan fingerprint density at radius 1 is 1.50 bits per heavy atom. The van der Waals surface area contributed by atoms with Crippen molar-refractivity contribution < 1.29 is 0 Å². The van der Waals surface area contributed by atoms with Gasteiger partial charge in [-0.3, -0.25) is 9.88 Å². The summed E-state index contributed by atoms with van der Waals surface area (Å²) < 4.78 is 0. The van der Waals surface area contributed by atoms with E-state index < -0.39 is 0 Å². The Morgan fingerprint density at radius 3 is 3.11 bits per heavy atom. The van der Waals surface area contributed by atoms with Crippen molar-refractivity contribution in [3.8, 4) is 0 Å².